The summed E-state index contributed by atoms with van der Waals surface area (Å²) in [6, 6.07) is 22.4. The van der Waals surface area contributed by atoms with E-state index in [9.17, 15) is 9.59 Å². The molecule has 1 aliphatic heterocycles. The molecule has 1 heterocycles. The van der Waals surface area contributed by atoms with Crippen LogP contribution in [0, 0.1) is 0 Å². The number of fused-ring (bicyclic) bond motifs is 1. The summed E-state index contributed by atoms with van der Waals surface area (Å²) in [5.74, 6) is 0.267. The first-order chi connectivity index (χ1) is 15.1. The van der Waals surface area contributed by atoms with E-state index in [2.05, 4.69) is 10.9 Å². The average Bonchev–Trinajstić information content (AvgIpc) is 2.81. The van der Waals surface area contributed by atoms with Gasteiger partial charge in [-0.3, -0.25) is 20.4 Å². The first kappa shape index (κ1) is 20.5. The van der Waals surface area contributed by atoms with Crippen molar-refractivity contribution in [1.29, 1.82) is 0 Å². The van der Waals surface area contributed by atoms with Crippen LogP contribution in [0.1, 0.15) is 5.56 Å². The van der Waals surface area contributed by atoms with E-state index in [0.717, 1.165) is 11.1 Å². The molecule has 0 unspecified atom stereocenters. The quantitative estimate of drug-likeness (QED) is 0.595. The standard InChI is InChI=1S/C24H19ClN2O4/c25-19-10-11-21-17(13-19)12-18(14-30-21)24(29)27-26-23(28)15-31-22-9-5-4-8-20(22)16-6-2-1-3-7-16/h1-13H,14-15H2,(H,26,28)(H,27,29). The molecule has 2 amide bonds. The van der Waals surface area contributed by atoms with E-state index in [1.165, 1.54) is 0 Å². The molecule has 0 saturated carbocycles. The molecule has 0 aromatic heterocycles. The lowest BCUT2D eigenvalue weighted by atomic mass is 10.1. The Morgan fingerprint density at radius 1 is 0.968 bits per heavy atom. The summed E-state index contributed by atoms with van der Waals surface area (Å²) in [6.07, 6.45) is 1.68. The molecule has 0 atom stereocenters. The molecule has 0 fully saturated rings. The molecule has 0 radical (unpaired) electrons. The number of halogens is 1. The van der Waals surface area contributed by atoms with E-state index in [1.54, 1.807) is 30.3 Å². The summed E-state index contributed by atoms with van der Waals surface area (Å²) in [4.78, 5) is 24.5. The number of ether oxygens (including phenoxy) is 2. The predicted molar refractivity (Wildman–Crippen MR) is 119 cm³/mol. The molecule has 6 nitrogen and oxygen atoms in total. The summed E-state index contributed by atoms with van der Waals surface area (Å²) in [5, 5.41) is 0.543. The predicted octanol–water partition coefficient (Wildman–Crippen LogP) is 4.01. The van der Waals surface area contributed by atoms with Crippen LogP contribution in [-0.2, 0) is 9.59 Å². The Morgan fingerprint density at radius 2 is 1.74 bits per heavy atom. The number of carbonyl (C=O) groups excluding carboxylic acids is 2. The first-order valence-electron chi connectivity index (χ1n) is 9.59. The van der Waals surface area contributed by atoms with Crippen LogP contribution in [0.2, 0.25) is 5.02 Å². The average molecular weight is 435 g/mol. The lowest BCUT2D eigenvalue weighted by Crippen LogP contribution is -2.45. The minimum absolute atomic E-state index is 0.0945. The molecule has 0 spiro atoms. The van der Waals surface area contributed by atoms with Gasteiger partial charge in [0.25, 0.3) is 11.8 Å². The van der Waals surface area contributed by atoms with E-state index in [1.807, 2.05) is 48.5 Å². The molecule has 3 aromatic carbocycles. The fourth-order valence-corrected chi connectivity index (χ4v) is 3.29. The number of hydrogen-bond donors (Lipinski definition) is 2. The summed E-state index contributed by atoms with van der Waals surface area (Å²) < 4.78 is 11.2. The van der Waals surface area contributed by atoms with Gasteiger partial charge in [-0.2, -0.15) is 0 Å². The Labute approximate surface area is 184 Å². The van der Waals surface area contributed by atoms with Gasteiger partial charge in [-0.1, -0.05) is 60.1 Å². The fourth-order valence-electron chi connectivity index (χ4n) is 3.11. The van der Waals surface area contributed by atoms with Gasteiger partial charge in [0.1, 0.15) is 18.1 Å². The van der Waals surface area contributed by atoms with Crippen molar-refractivity contribution < 1.29 is 19.1 Å². The molecule has 156 valence electrons. The Morgan fingerprint density at radius 3 is 2.58 bits per heavy atom. The van der Waals surface area contributed by atoms with Crippen molar-refractivity contribution >= 4 is 29.5 Å². The van der Waals surface area contributed by atoms with Gasteiger partial charge in [-0.25, -0.2) is 0 Å². The Kier molecular flexibility index (Phi) is 6.19. The van der Waals surface area contributed by atoms with Gasteiger partial charge < -0.3 is 9.47 Å². The Balaban J connectivity index is 1.33. The van der Waals surface area contributed by atoms with Crippen molar-refractivity contribution in [1.82, 2.24) is 10.9 Å². The molecule has 2 N–H and O–H groups in total. The molecule has 31 heavy (non-hydrogen) atoms. The monoisotopic (exact) mass is 434 g/mol. The van der Waals surface area contributed by atoms with Crippen LogP contribution in [0.5, 0.6) is 11.5 Å². The molecule has 0 bridgehead atoms. The molecule has 4 rings (SSSR count). The van der Waals surface area contributed by atoms with Crippen LogP contribution < -0.4 is 20.3 Å². The minimum Gasteiger partial charge on any atom is -0.488 e. The summed E-state index contributed by atoms with van der Waals surface area (Å²) in [7, 11) is 0. The van der Waals surface area contributed by atoms with E-state index in [-0.39, 0.29) is 13.2 Å². The van der Waals surface area contributed by atoms with Crippen LogP contribution >= 0.6 is 11.6 Å². The number of nitrogens with one attached hydrogen (secondary N) is 2. The summed E-state index contributed by atoms with van der Waals surface area (Å²) >= 11 is 5.99. The van der Waals surface area contributed by atoms with Crippen LogP contribution in [0.25, 0.3) is 17.2 Å². The molecule has 1 aliphatic rings. The number of amides is 2. The van der Waals surface area contributed by atoms with Crippen molar-refractivity contribution in [2.75, 3.05) is 13.2 Å². The van der Waals surface area contributed by atoms with Crippen molar-refractivity contribution in [2.45, 2.75) is 0 Å². The smallest absolute Gasteiger partial charge is 0.276 e. The van der Waals surface area contributed by atoms with Crippen molar-refractivity contribution in [2.24, 2.45) is 0 Å². The van der Waals surface area contributed by atoms with Gasteiger partial charge in [0.05, 0.1) is 5.57 Å². The SMILES string of the molecule is O=C(COc1ccccc1-c1ccccc1)NNC(=O)C1=Cc2cc(Cl)ccc2OC1. The molecule has 7 heteroatoms. The van der Waals surface area contributed by atoms with E-state index in [0.29, 0.717) is 27.7 Å². The zero-order valence-electron chi connectivity index (χ0n) is 16.4. The van der Waals surface area contributed by atoms with E-state index in [4.69, 9.17) is 21.1 Å². The topological polar surface area (TPSA) is 76.7 Å². The fraction of sp³-hybridized carbons (Fsp3) is 0.0833. The van der Waals surface area contributed by atoms with Gasteiger partial charge >= 0.3 is 0 Å². The maximum Gasteiger partial charge on any atom is 0.276 e. The number of carbonyl (C=O) groups is 2. The highest BCUT2D eigenvalue weighted by Gasteiger charge is 2.18. The molecule has 0 aliphatic carbocycles. The summed E-state index contributed by atoms with van der Waals surface area (Å²) in [5.41, 5.74) is 7.67. The number of hydrogen-bond acceptors (Lipinski definition) is 4. The largest absolute Gasteiger partial charge is 0.488 e. The van der Waals surface area contributed by atoms with E-state index >= 15 is 0 Å². The maximum absolute atomic E-state index is 12.4. The second-order valence-electron chi connectivity index (χ2n) is 6.79. The van der Waals surface area contributed by atoms with Gasteiger partial charge in [0.15, 0.2) is 6.61 Å². The highest BCUT2D eigenvalue weighted by molar-refractivity contribution is 6.30. The van der Waals surface area contributed by atoms with E-state index < -0.39 is 11.8 Å². The highest BCUT2D eigenvalue weighted by Crippen LogP contribution is 2.30. The zero-order chi connectivity index (χ0) is 21.6. The van der Waals surface area contributed by atoms with Crippen molar-refractivity contribution in [3.63, 3.8) is 0 Å². The Bertz CT molecular complexity index is 1150. The van der Waals surface area contributed by atoms with Gasteiger partial charge in [0.2, 0.25) is 0 Å². The van der Waals surface area contributed by atoms with Crippen LogP contribution in [0.3, 0.4) is 0 Å². The third-order valence-corrected chi connectivity index (χ3v) is 4.86. The zero-order valence-corrected chi connectivity index (χ0v) is 17.2. The molecular weight excluding hydrogens is 416 g/mol. The molecular formula is C24H19ClN2O4. The lowest BCUT2D eigenvalue weighted by Gasteiger charge is -2.18. The summed E-state index contributed by atoms with van der Waals surface area (Å²) in [6.45, 7) is -0.157. The Hall–Kier alpha value is -3.77. The maximum atomic E-state index is 12.4. The molecule has 0 saturated heterocycles. The highest BCUT2D eigenvalue weighted by atomic mass is 35.5. The minimum atomic E-state index is -0.489. The van der Waals surface area contributed by atoms with Crippen molar-refractivity contribution in [3.05, 3.63) is 89.0 Å². The number of hydrazine groups is 1. The first-order valence-corrected chi connectivity index (χ1v) is 9.97. The second-order valence-corrected chi connectivity index (χ2v) is 7.23. The van der Waals surface area contributed by atoms with Gasteiger partial charge in [-0.15, -0.1) is 0 Å². The number of para-hydroxylation sites is 1. The number of rotatable bonds is 5. The van der Waals surface area contributed by atoms with Crippen LogP contribution in [0.4, 0.5) is 0 Å². The normalized spacial score (nSPS) is 12.1. The molecule has 3 aromatic rings. The van der Waals surface area contributed by atoms with Gasteiger partial charge in [0, 0.05) is 16.1 Å². The third kappa shape index (κ3) is 5.05. The number of benzene rings is 3. The second kappa shape index (κ2) is 9.36. The van der Waals surface area contributed by atoms with Gasteiger partial charge in [-0.05, 0) is 35.9 Å². The third-order valence-electron chi connectivity index (χ3n) is 4.62. The van der Waals surface area contributed by atoms with Crippen molar-refractivity contribution in [3.8, 4) is 22.6 Å². The van der Waals surface area contributed by atoms with Crippen LogP contribution in [0.15, 0.2) is 78.4 Å². The lowest BCUT2D eigenvalue weighted by molar-refractivity contribution is -0.128. The van der Waals surface area contributed by atoms with Crippen LogP contribution in [-0.4, -0.2) is 25.0 Å².